The Kier molecular flexibility index (Phi) is 4.84. The standard InChI is InChI=1S/C16H19ClN4OS/c17-12-3-1-2-11(8-12)14-13(20-16(19)23-14)15(22)21(7-6-18)9-10-4-5-10/h1-3,8,10H,4-7,9,18H2,(H2,19,20). The van der Waals surface area contributed by atoms with Crippen molar-refractivity contribution in [2.75, 3.05) is 25.4 Å². The van der Waals surface area contributed by atoms with E-state index in [0.29, 0.717) is 34.9 Å². The molecule has 0 spiro atoms. The van der Waals surface area contributed by atoms with Crippen LogP contribution in [0.3, 0.4) is 0 Å². The van der Waals surface area contributed by atoms with Gasteiger partial charge in [-0.2, -0.15) is 0 Å². The van der Waals surface area contributed by atoms with Crippen LogP contribution in [0.2, 0.25) is 5.02 Å². The molecular formula is C16H19ClN4OS. The SMILES string of the molecule is NCCN(CC1CC1)C(=O)c1nc(N)sc1-c1cccc(Cl)c1. The summed E-state index contributed by atoms with van der Waals surface area (Å²) in [4.78, 5) is 19.7. The van der Waals surface area contributed by atoms with Crippen molar-refractivity contribution in [3.8, 4) is 10.4 Å². The average Bonchev–Trinajstić information content (AvgIpc) is 3.25. The number of nitrogen functional groups attached to an aromatic ring is 1. The van der Waals surface area contributed by atoms with Gasteiger partial charge in [-0.05, 0) is 36.5 Å². The Balaban J connectivity index is 1.93. The first-order valence-electron chi connectivity index (χ1n) is 7.60. The van der Waals surface area contributed by atoms with E-state index in [9.17, 15) is 4.79 Å². The summed E-state index contributed by atoms with van der Waals surface area (Å²) in [5.74, 6) is 0.487. The lowest BCUT2D eigenvalue weighted by molar-refractivity contribution is 0.0748. The van der Waals surface area contributed by atoms with Gasteiger partial charge >= 0.3 is 0 Å². The highest BCUT2D eigenvalue weighted by Gasteiger charge is 2.29. The van der Waals surface area contributed by atoms with Crippen LogP contribution in [0.4, 0.5) is 5.13 Å². The van der Waals surface area contributed by atoms with Crippen molar-refractivity contribution in [2.45, 2.75) is 12.8 Å². The summed E-state index contributed by atoms with van der Waals surface area (Å²) in [5, 5.41) is 0.993. The first kappa shape index (κ1) is 16.2. The largest absolute Gasteiger partial charge is 0.375 e. The van der Waals surface area contributed by atoms with Crippen LogP contribution in [0.15, 0.2) is 24.3 Å². The van der Waals surface area contributed by atoms with Gasteiger partial charge in [0.15, 0.2) is 5.13 Å². The molecule has 0 bridgehead atoms. The number of halogens is 1. The van der Waals surface area contributed by atoms with Gasteiger partial charge in [0.2, 0.25) is 0 Å². The Morgan fingerprint density at radius 2 is 2.22 bits per heavy atom. The van der Waals surface area contributed by atoms with Crippen LogP contribution in [0, 0.1) is 5.92 Å². The lowest BCUT2D eigenvalue weighted by atomic mass is 10.1. The van der Waals surface area contributed by atoms with Crippen LogP contribution in [0.1, 0.15) is 23.3 Å². The summed E-state index contributed by atoms with van der Waals surface area (Å²) in [5.41, 5.74) is 12.8. The van der Waals surface area contributed by atoms with Gasteiger partial charge in [0.05, 0.1) is 4.88 Å². The number of carbonyl (C=O) groups excluding carboxylic acids is 1. The fourth-order valence-electron chi connectivity index (χ4n) is 2.50. The normalized spacial score (nSPS) is 14.0. The van der Waals surface area contributed by atoms with E-state index in [1.807, 2.05) is 18.2 Å². The topological polar surface area (TPSA) is 85.2 Å². The van der Waals surface area contributed by atoms with E-state index < -0.39 is 0 Å². The molecule has 1 aliphatic rings. The number of hydrogen-bond acceptors (Lipinski definition) is 5. The maximum atomic E-state index is 12.9. The van der Waals surface area contributed by atoms with E-state index in [1.165, 1.54) is 24.2 Å². The molecule has 1 aliphatic carbocycles. The lowest BCUT2D eigenvalue weighted by Gasteiger charge is -2.21. The van der Waals surface area contributed by atoms with Crippen molar-refractivity contribution in [1.82, 2.24) is 9.88 Å². The Labute approximate surface area is 144 Å². The van der Waals surface area contributed by atoms with Crippen molar-refractivity contribution >= 4 is 34.0 Å². The third-order valence-corrected chi connectivity index (χ3v) is 4.96. The number of hydrogen-bond donors (Lipinski definition) is 2. The number of amides is 1. The molecule has 0 atom stereocenters. The van der Waals surface area contributed by atoms with Crippen molar-refractivity contribution in [3.63, 3.8) is 0 Å². The minimum atomic E-state index is -0.106. The number of rotatable bonds is 6. The van der Waals surface area contributed by atoms with Crippen molar-refractivity contribution < 1.29 is 4.79 Å². The highest BCUT2D eigenvalue weighted by Crippen LogP contribution is 2.35. The second-order valence-electron chi connectivity index (χ2n) is 5.72. The van der Waals surface area contributed by atoms with E-state index in [1.54, 1.807) is 11.0 Å². The molecule has 4 N–H and O–H groups in total. The van der Waals surface area contributed by atoms with Gasteiger partial charge in [0.1, 0.15) is 5.69 Å². The molecule has 1 aromatic heterocycles. The van der Waals surface area contributed by atoms with E-state index in [2.05, 4.69) is 4.98 Å². The van der Waals surface area contributed by atoms with E-state index >= 15 is 0 Å². The summed E-state index contributed by atoms with van der Waals surface area (Å²) >= 11 is 7.37. The smallest absolute Gasteiger partial charge is 0.274 e. The molecule has 0 aliphatic heterocycles. The maximum absolute atomic E-state index is 12.9. The third-order valence-electron chi connectivity index (χ3n) is 3.79. The predicted octanol–water partition coefficient (Wildman–Crippen LogP) is 2.86. The molecule has 0 radical (unpaired) electrons. The number of anilines is 1. The van der Waals surface area contributed by atoms with Gasteiger partial charge in [-0.1, -0.05) is 35.1 Å². The van der Waals surface area contributed by atoms with Gasteiger partial charge in [0.25, 0.3) is 5.91 Å². The lowest BCUT2D eigenvalue weighted by Crippen LogP contribution is -2.37. The quantitative estimate of drug-likeness (QED) is 0.838. The van der Waals surface area contributed by atoms with E-state index in [4.69, 9.17) is 23.1 Å². The highest BCUT2D eigenvalue weighted by atomic mass is 35.5. The van der Waals surface area contributed by atoms with Gasteiger partial charge in [-0.15, -0.1) is 0 Å². The number of nitrogens with two attached hydrogens (primary N) is 2. The number of benzene rings is 1. The molecule has 1 saturated carbocycles. The molecule has 3 rings (SSSR count). The zero-order valence-corrected chi connectivity index (χ0v) is 14.2. The molecule has 7 heteroatoms. The van der Waals surface area contributed by atoms with Crippen LogP contribution < -0.4 is 11.5 Å². The molecule has 23 heavy (non-hydrogen) atoms. The van der Waals surface area contributed by atoms with E-state index in [-0.39, 0.29) is 5.91 Å². The number of aromatic nitrogens is 1. The molecule has 5 nitrogen and oxygen atoms in total. The van der Waals surface area contributed by atoms with Crippen molar-refractivity contribution in [3.05, 3.63) is 35.0 Å². The first-order valence-corrected chi connectivity index (χ1v) is 8.79. The molecule has 0 unspecified atom stereocenters. The average molecular weight is 351 g/mol. The minimum Gasteiger partial charge on any atom is -0.375 e. The molecule has 2 aromatic rings. The van der Waals surface area contributed by atoms with E-state index in [0.717, 1.165) is 17.0 Å². The summed E-state index contributed by atoms with van der Waals surface area (Å²) in [6.07, 6.45) is 2.35. The Hall–Kier alpha value is -1.63. The number of thiazole rings is 1. The fourth-order valence-corrected chi connectivity index (χ4v) is 3.51. The summed E-state index contributed by atoms with van der Waals surface area (Å²) in [7, 11) is 0. The van der Waals surface area contributed by atoms with Crippen LogP contribution in [-0.2, 0) is 0 Å². The maximum Gasteiger partial charge on any atom is 0.274 e. The zero-order chi connectivity index (χ0) is 16.4. The second-order valence-corrected chi connectivity index (χ2v) is 7.19. The minimum absolute atomic E-state index is 0.106. The van der Waals surface area contributed by atoms with Crippen molar-refractivity contribution in [1.29, 1.82) is 0 Å². The second kappa shape index (κ2) is 6.86. The summed E-state index contributed by atoms with van der Waals surface area (Å²) < 4.78 is 0. The Morgan fingerprint density at radius 1 is 1.43 bits per heavy atom. The molecule has 122 valence electrons. The van der Waals surface area contributed by atoms with Gasteiger partial charge < -0.3 is 16.4 Å². The van der Waals surface area contributed by atoms with Crippen LogP contribution in [0.25, 0.3) is 10.4 Å². The summed E-state index contributed by atoms with van der Waals surface area (Å²) in [6, 6.07) is 7.37. The Bertz CT molecular complexity index is 714. The Morgan fingerprint density at radius 3 is 2.87 bits per heavy atom. The molecule has 1 aromatic carbocycles. The van der Waals surface area contributed by atoms with Crippen LogP contribution in [0.5, 0.6) is 0 Å². The van der Waals surface area contributed by atoms with Gasteiger partial charge in [-0.25, -0.2) is 4.98 Å². The monoisotopic (exact) mass is 350 g/mol. The highest BCUT2D eigenvalue weighted by molar-refractivity contribution is 7.19. The van der Waals surface area contributed by atoms with Crippen LogP contribution in [-0.4, -0.2) is 35.4 Å². The van der Waals surface area contributed by atoms with Gasteiger partial charge in [0, 0.05) is 24.7 Å². The molecular weight excluding hydrogens is 332 g/mol. The number of carbonyl (C=O) groups is 1. The van der Waals surface area contributed by atoms with Gasteiger partial charge in [-0.3, -0.25) is 4.79 Å². The zero-order valence-electron chi connectivity index (χ0n) is 12.7. The third kappa shape index (κ3) is 3.83. The molecule has 1 fully saturated rings. The van der Waals surface area contributed by atoms with Crippen molar-refractivity contribution in [2.24, 2.45) is 11.7 Å². The van der Waals surface area contributed by atoms with Crippen LogP contribution >= 0.6 is 22.9 Å². The summed E-state index contributed by atoms with van der Waals surface area (Å²) in [6.45, 7) is 1.70. The first-order chi connectivity index (χ1) is 11.1. The molecule has 1 amide bonds. The predicted molar refractivity (Wildman–Crippen MR) is 94.7 cm³/mol. The number of nitrogens with zero attached hydrogens (tertiary/aromatic N) is 2. The molecule has 0 saturated heterocycles. The molecule has 1 heterocycles. The fraction of sp³-hybridized carbons (Fsp3) is 0.375.